The van der Waals surface area contributed by atoms with Gasteiger partial charge in [0.05, 0.1) is 91.0 Å². The number of thiol groups is 1. The van der Waals surface area contributed by atoms with Crippen molar-refractivity contribution in [1.29, 1.82) is 0 Å². The molecule has 20 atom stereocenters. The molecule has 590 valence electrons. The number of hydrogen-bond acceptors (Lipinski definition) is 37. The number of hydrogen-bond donors (Lipinski definition) is 8. The van der Waals surface area contributed by atoms with Crippen molar-refractivity contribution in [2.75, 3.05) is 118 Å². The molecule has 0 aliphatic carbocycles. The Morgan fingerprint density at radius 1 is 0.509 bits per heavy atom. The van der Waals surface area contributed by atoms with E-state index in [0.717, 1.165) is 15.8 Å². The molecule has 4 fully saturated rings. The van der Waals surface area contributed by atoms with Gasteiger partial charge in [0.25, 0.3) is 0 Å². The van der Waals surface area contributed by atoms with Crippen LogP contribution in [0.3, 0.4) is 0 Å². The maximum atomic E-state index is 14.9. The molecule has 4 saturated heterocycles. The van der Waals surface area contributed by atoms with Gasteiger partial charge in [0.15, 0.2) is 35.8 Å². The van der Waals surface area contributed by atoms with Crippen molar-refractivity contribution in [3.63, 3.8) is 0 Å². The highest BCUT2D eigenvalue weighted by molar-refractivity contribution is 8.44. The van der Waals surface area contributed by atoms with Crippen LogP contribution in [0.15, 0.2) is 47.3 Å². The number of nitrogens with zero attached hydrogens (tertiary/aromatic N) is 12. The molecule has 106 heavy (non-hydrogen) atoms. The van der Waals surface area contributed by atoms with Gasteiger partial charge in [-0.2, -0.15) is 9.97 Å². The number of methoxy groups -OCH3 is 3. The van der Waals surface area contributed by atoms with E-state index in [4.69, 9.17) is 105 Å². The molecule has 10 unspecified atom stereocenters. The van der Waals surface area contributed by atoms with E-state index in [0.29, 0.717) is 24.1 Å². The van der Waals surface area contributed by atoms with Gasteiger partial charge in [-0.3, -0.25) is 54.5 Å². The Morgan fingerprint density at radius 3 is 1.40 bits per heavy atom. The lowest BCUT2D eigenvalue weighted by molar-refractivity contribution is -0.0851. The van der Waals surface area contributed by atoms with Crippen molar-refractivity contribution in [3.05, 3.63) is 75.5 Å². The van der Waals surface area contributed by atoms with Crippen LogP contribution in [0.5, 0.6) is 0 Å². The van der Waals surface area contributed by atoms with E-state index in [1.165, 1.54) is 82.0 Å². The number of ether oxygens (including phenoxy) is 10. The molecule has 4 aliphatic rings. The van der Waals surface area contributed by atoms with E-state index in [2.05, 4.69) is 52.1 Å². The number of rotatable bonds is 40. The fourth-order valence-electron chi connectivity index (χ4n) is 11.6. The molecule has 10 rings (SSSR count). The number of aromatic nitrogens is 12. The summed E-state index contributed by atoms with van der Waals surface area (Å²) in [6.07, 6.45) is -15.6. The summed E-state index contributed by atoms with van der Waals surface area (Å²) in [5, 5.41) is 0. The molecule has 0 radical (unpaired) electrons. The number of nitrogens with two attached hydrogens (primary N) is 3. The quantitative estimate of drug-likeness (QED) is 0.0156. The van der Waals surface area contributed by atoms with E-state index >= 15 is 0 Å². The lowest BCUT2D eigenvalue weighted by Crippen LogP contribution is -2.41. The van der Waals surface area contributed by atoms with Crippen LogP contribution in [-0.4, -0.2) is 246 Å². The van der Waals surface area contributed by atoms with Crippen LogP contribution in [0.1, 0.15) is 67.9 Å². The molecular formula is C55H84N15O30P5S. The summed E-state index contributed by atoms with van der Waals surface area (Å²) < 4.78 is 186. The minimum atomic E-state index is -5.79. The lowest BCUT2D eigenvalue weighted by Gasteiger charge is -2.29. The average Bonchev–Trinajstić information content (AvgIpc) is 1.62. The number of fused-ring (bicyclic) bond motifs is 2. The van der Waals surface area contributed by atoms with Gasteiger partial charge in [0.2, 0.25) is 0 Å². The molecule has 51 heteroatoms. The predicted molar refractivity (Wildman–Crippen MR) is 366 cm³/mol. The zero-order valence-electron chi connectivity index (χ0n) is 58.2. The fraction of sp³-hybridized carbons (Fsp3) is 0.673. The largest absolute Gasteiger partial charge is 0.472 e. The first-order valence-electron chi connectivity index (χ1n) is 32.5. The van der Waals surface area contributed by atoms with Crippen molar-refractivity contribution in [2.24, 2.45) is 0 Å². The Morgan fingerprint density at radius 2 is 0.934 bits per heavy atom. The standard InChI is InChI=1S/C55H84N15O30P5S/c1-9-10-11-88-105(81,106)97-32-18-37(69-27-64-39-48(58)60-26-62-50(39)69)93-33(32)21-90-102(75,76)99-41-35(94-51(43(41)85-15-12-82-5)67-19-29(2)46(56)65-54(67)71)23-92-104(79,80)100-42-36(95-52(44(42)86-16-13-83-6)68-20-30(3)47(57)66-55(68)72)24-91-103(77,78)98-40-34(22-89-101(8,73)74)96-53(45(40)87-17-14-84-7)70-28-63-38-31(4)59-25-61-49(38)70/h19-20,25-28,32-37,40-45,51-53H,9-18,21-24H2,1-8H3,(H,73,74)(H,75,76)(H,77,78)(H,79,80)(H,81,106)(H2,56,65,71)(H2,57,66,72)(H2,58,60,62)/t32-,33-,34-,35-,36-,37-,40?,41+,42?,43?,44?,45?,51-,52-,53-,105?/m1/s1. The number of imidazole rings is 2. The molecule has 45 nitrogen and oxygen atoms in total. The third kappa shape index (κ3) is 20.7. The molecule has 10 heterocycles. The maximum absolute atomic E-state index is 14.9. The summed E-state index contributed by atoms with van der Waals surface area (Å²) >= 11 is 4.18. The van der Waals surface area contributed by atoms with Gasteiger partial charge in [-0.05, 0) is 27.2 Å². The summed E-state index contributed by atoms with van der Waals surface area (Å²) in [5.74, 6) is -0.336. The maximum Gasteiger partial charge on any atom is 0.472 e. The SMILES string of the molecule is CCCCOP(=O)(S)O[C@@H]1C[C@H](n2cnc3c(N)ncnc32)O[C@@H]1COP(=O)(O)O[C@@H]1C(OCCOC)[C@H](n2cc(C)c(N)nc2=O)O[C@@H]1COP(=O)(O)OC1C(OCCOC)[C@H](n2cc(C)c(N)nc2=O)O[C@@H]1COP(=O)(O)OC1C(OCCOC)[C@H](n2cnc3c(C)ncnc32)O[C@@H]1COP(C)(=O)O. The summed E-state index contributed by atoms with van der Waals surface area (Å²) in [5.41, 5.74) is 17.9. The van der Waals surface area contributed by atoms with Crippen molar-refractivity contribution in [3.8, 4) is 0 Å². The summed E-state index contributed by atoms with van der Waals surface area (Å²) in [7, 11) is -17.2. The minimum Gasteiger partial charge on any atom is -0.383 e. The highest BCUT2D eigenvalue weighted by Gasteiger charge is 2.57. The number of phosphoric acid groups is 3. The van der Waals surface area contributed by atoms with Gasteiger partial charge in [0.1, 0.15) is 109 Å². The second-order valence-corrected chi connectivity index (χ2v) is 33.3. The van der Waals surface area contributed by atoms with Crippen molar-refractivity contribution in [2.45, 2.75) is 139 Å². The Hall–Kier alpha value is -5.16. The second kappa shape index (κ2) is 35.9. The zero-order chi connectivity index (χ0) is 76.6. The van der Waals surface area contributed by atoms with Crippen LogP contribution in [0.25, 0.3) is 22.3 Å². The topological polar surface area (TPSA) is 577 Å². The number of anilines is 3. The van der Waals surface area contributed by atoms with Gasteiger partial charge < -0.3 is 93.2 Å². The second-order valence-electron chi connectivity index (χ2n) is 24.3. The highest BCUT2D eigenvalue weighted by atomic mass is 32.7. The van der Waals surface area contributed by atoms with E-state index in [9.17, 15) is 52.0 Å². The number of nitrogen functional groups attached to an aromatic ring is 3. The summed E-state index contributed by atoms with van der Waals surface area (Å²) in [6.45, 7) is -1.87. The Kier molecular flexibility index (Phi) is 28.2. The third-order valence-corrected chi connectivity index (χ3v) is 22.0. The molecule has 0 aromatic carbocycles. The molecule has 4 aliphatic heterocycles. The Labute approximate surface area is 608 Å². The van der Waals surface area contributed by atoms with E-state index in [-0.39, 0.29) is 98.1 Å². The van der Waals surface area contributed by atoms with Gasteiger partial charge in [-0.15, -0.1) is 0 Å². The number of unbranched alkanes of at least 4 members (excludes halogenated alkanes) is 1. The summed E-state index contributed by atoms with van der Waals surface area (Å²) in [4.78, 5) is 107. The van der Waals surface area contributed by atoms with Crippen LogP contribution >= 0.6 is 50.1 Å². The van der Waals surface area contributed by atoms with Crippen molar-refractivity contribution in [1.82, 2.24) is 58.1 Å². The number of phosphoric ester groups is 3. The molecule has 6 aromatic heterocycles. The monoisotopic (exact) mass is 1620 g/mol. The molecule has 0 amide bonds. The molecule has 6 aromatic rings. The predicted octanol–water partition coefficient (Wildman–Crippen LogP) is 2.50. The van der Waals surface area contributed by atoms with Crippen molar-refractivity contribution < 1.29 is 130 Å². The summed E-state index contributed by atoms with van der Waals surface area (Å²) in [6, 6.07) is 0. The first-order chi connectivity index (χ1) is 50.2. The molecule has 0 bridgehead atoms. The highest BCUT2D eigenvalue weighted by Crippen LogP contribution is 2.58. The first-order valence-corrected chi connectivity index (χ1v) is 41.7. The molecule has 0 saturated carbocycles. The first kappa shape index (κ1) is 83.3. The van der Waals surface area contributed by atoms with Crippen LogP contribution in [0, 0.1) is 20.8 Å². The normalized spacial score (nSPS) is 28.4. The number of aryl methyl sites for hydroxylation is 3. The molecular weight excluding hydrogens is 1540 g/mol. The van der Waals surface area contributed by atoms with Gasteiger partial charge >= 0.3 is 49.2 Å². The van der Waals surface area contributed by atoms with E-state index < -0.39 is 168 Å². The lowest BCUT2D eigenvalue weighted by atomic mass is 10.1. The van der Waals surface area contributed by atoms with Gasteiger partial charge in [-0.25, -0.2) is 57.8 Å². The van der Waals surface area contributed by atoms with Crippen molar-refractivity contribution >= 4 is 89.9 Å². The van der Waals surface area contributed by atoms with Crippen LogP contribution in [0.4, 0.5) is 17.5 Å². The van der Waals surface area contributed by atoms with Crippen LogP contribution in [0.2, 0.25) is 0 Å². The molecule has 0 spiro atoms. The van der Waals surface area contributed by atoms with Gasteiger partial charge in [-0.1, -0.05) is 25.6 Å². The Balaban J connectivity index is 0.947. The zero-order valence-corrected chi connectivity index (χ0v) is 63.6. The van der Waals surface area contributed by atoms with Crippen LogP contribution < -0.4 is 28.6 Å². The Bertz CT molecular complexity index is 4370. The van der Waals surface area contributed by atoms with Gasteiger partial charge in [0, 0.05) is 57.9 Å². The smallest absolute Gasteiger partial charge is 0.383 e. The fourth-order valence-corrected chi connectivity index (χ4v) is 16.5. The van der Waals surface area contributed by atoms with Crippen LogP contribution in [-0.2, 0) is 111 Å². The average molecular weight is 1620 g/mol. The van der Waals surface area contributed by atoms with E-state index in [1.807, 2.05) is 6.92 Å². The minimum absolute atomic E-state index is 0.00430. The molecule has 10 N–H and O–H groups in total. The van der Waals surface area contributed by atoms with E-state index in [1.54, 1.807) is 6.92 Å². The third-order valence-electron chi connectivity index (χ3n) is 16.7.